The number of methoxy groups -OCH3 is 1. The molecule has 0 saturated heterocycles. The van der Waals surface area contributed by atoms with Gasteiger partial charge in [-0.1, -0.05) is 5.11 Å². The van der Waals surface area contributed by atoms with Crippen LogP contribution in [0.2, 0.25) is 0 Å². The maximum atomic E-state index is 11.4. The molecule has 0 unspecified atom stereocenters. The van der Waals surface area contributed by atoms with Crippen LogP contribution in [0.25, 0.3) is 10.4 Å². The second-order valence-electron chi connectivity index (χ2n) is 3.35. The second-order valence-corrected chi connectivity index (χ2v) is 3.35. The Balaban J connectivity index is 2.79. The van der Waals surface area contributed by atoms with E-state index in [-0.39, 0.29) is 5.43 Å². The van der Waals surface area contributed by atoms with Crippen LogP contribution in [0.3, 0.4) is 0 Å². The zero-order chi connectivity index (χ0) is 12.0. The Morgan fingerprint density at radius 2 is 2.38 bits per heavy atom. The van der Waals surface area contributed by atoms with Crippen molar-refractivity contribution in [1.29, 1.82) is 0 Å². The fraction of sp³-hybridized carbons (Fsp3) is 0.500. The van der Waals surface area contributed by atoms with Gasteiger partial charge in [-0.2, -0.15) is 0 Å². The standard InChI is InChI=1S/C10H14N4O2/c1-8-6-9(15)10(16-2)7-14(8)5-3-4-12-13-11/h6-7H,3-5H2,1-2H3. The van der Waals surface area contributed by atoms with Crippen LogP contribution in [0.4, 0.5) is 0 Å². The zero-order valence-corrected chi connectivity index (χ0v) is 9.38. The number of hydrogen-bond donors (Lipinski definition) is 0. The summed E-state index contributed by atoms with van der Waals surface area (Å²) >= 11 is 0. The molecule has 86 valence electrons. The van der Waals surface area contributed by atoms with E-state index < -0.39 is 0 Å². The van der Waals surface area contributed by atoms with Crippen LogP contribution >= 0.6 is 0 Å². The van der Waals surface area contributed by atoms with E-state index >= 15 is 0 Å². The third-order valence-electron chi connectivity index (χ3n) is 2.25. The number of aryl methyl sites for hydroxylation is 2. The van der Waals surface area contributed by atoms with Crippen molar-refractivity contribution in [1.82, 2.24) is 4.57 Å². The first-order valence-electron chi connectivity index (χ1n) is 4.95. The molecule has 0 bridgehead atoms. The Labute approximate surface area is 93.1 Å². The largest absolute Gasteiger partial charge is 0.491 e. The molecule has 0 aromatic carbocycles. The van der Waals surface area contributed by atoms with Crippen molar-refractivity contribution >= 4 is 0 Å². The molecule has 1 aromatic rings. The molecule has 0 aliphatic carbocycles. The Kier molecular flexibility index (Phi) is 4.42. The molecule has 1 heterocycles. The predicted molar refractivity (Wildman–Crippen MR) is 60.6 cm³/mol. The highest BCUT2D eigenvalue weighted by atomic mass is 16.5. The SMILES string of the molecule is COc1cn(CCCN=[N+]=[N-])c(C)cc1=O. The quantitative estimate of drug-likeness (QED) is 0.330. The van der Waals surface area contributed by atoms with Gasteiger partial charge in [0, 0.05) is 29.8 Å². The van der Waals surface area contributed by atoms with Crippen LogP contribution in [0.5, 0.6) is 5.75 Å². The van der Waals surface area contributed by atoms with Gasteiger partial charge in [-0.05, 0) is 18.9 Å². The van der Waals surface area contributed by atoms with Crippen molar-refractivity contribution in [2.45, 2.75) is 19.9 Å². The predicted octanol–water partition coefficient (Wildman–Crippen LogP) is 1.87. The van der Waals surface area contributed by atoms with Gasteiger partial charge in [-0.25, -0.2) is 0 Å². The number of ether oxygens (including phenoxy) is 1. The van der Waals surface area contributed by atoms with Crippen molar-refractivity contribution < 1.29 is 4.74 Å². The fourth-order valence-corrected chi connectivity index (χ4v) is 1.40. The van der Waals surface area contributed by atoms with Gasteiger partial charge in [0.15, 0.2) is 5.75 Å². The molecule has 0 spiro atoms. The number of azide groups is 1. The summed E-state index contributed by atoms with van der Waals surface area (Å²) in [6.07, 6.45) is 2.41. The molecule has 1 aromatic heterocycles. The normalized spacial score (nSPS) is 9.62. The van der Waals surface area contributed by atoms with E-state index in [1.807, 2.05) is 11.5 Å². The molecular weight excluding hydrogens is 208 g/mol. The van der Waals surface area contributed by atoms with E-state index in [2.05, 4.69) is 10.0 Å². The van der Waals surface area contributed by atoms with E-state index in [0.29, 0.717) is 18.8 Å². The lowest BCUT2D eigenvalue weighted by atomic mass is 10.3. The van der Waals surface area contributed by atoms with Crippen molar-refractivity contribution in [3.63, 3.8) is 0 Å². The first-order chi connectivity index (χ1) is 7.69. The first kappa shape index (κ1) is 12.1. The summed E-state index contributed by atoms with van der Waals surface area (Å²) in [5.41, 5.74) is 8.87. The van der Waals surface area contributed by atoms with Gasteiger partial charge in [0.25, 0.3) is 0 Å². The topological polar surface area (TPSA) is 80.0 Å². The molecule has 0 saturated carbocycles. The van der Waals surface area contributed by atoms with Crippen LogP contribution in [-0.2, 0) is 6.54 Å². The van der Waals surface area contributed by atoms with E-state index in [9.17, 15) is 4.79 Å². The molecule has 6 nitrogen and oxygen atoms in total. The summed E-state index contributed by atoms with van der Waals surface area (Å²) in [5.74, 6) is 0.328. The highest BCUT2D eigenvalue weighted by Crippen LogP contribution is 2.06. The van der Waals surface area contributed by atoms with E-state index in [4.69, 9.17) is 10.3 Å². The molecular formula is C10H14N4O2. The molecule has 16 heavy (non-hydrogen) atoms. The van der Waals surface area contributed by atoms with Gasteiger partial charge in [0.05, 0.1) is 13.3 Å². The minimum atomic E-state index is -0.119. The van der Waals surface area contributed by atoms with Gasteiger partial charge in [0.1, 0.15) is 0 Å². The zero-order valence-electron chi connectivity index (χ0n) is 9.38. The van der Waals surface area contributed by atoms with Gasteiger partial charge in [-0.15, -0.1) is 0 Å². The van der Waals surface area contributed by atoms with Crippen molar-refractivity contribution in [2.24, 2.45) is 5.11 Å². The monoisotopic (exact) mass is 222 g/mol. The molecule has 0 amide bonds. The first-order valence-corrected chi connectivity index (χ1v) is 4.95. The third kappa shape index (κ3) is 3.03. The van der Waals surface area contributed by atoms with E-state index in [1.54, 1.807) is 6.20 Å². The van der Waals surface area contributed by atoms with Crippen LogP contribution in [0.15, 0.2) is 22.2 Å². The van der Waals surface area contributed by atoms with Crippen molar-refractivity contribution in [3.8, 4) is 5.75 Å². The Bertz CT molecular complexity index is 460. The maximum absolute atomic E-state index is 11.4. The summed E-state index contributed by atoms with van der Waals surface area (Å²) in [6, 6.07) is 1.53. The van der Waals surface area contributed by atoms with Crippen molar-refractivity contribution in [3.05, 3.63) is 38.6 Å². The van der Waals surface area contributed by atoms with Crippen molar-refractivity contribution in [2.75, 3.05) is 13.7 Å². The van der Waals surface area contributed by atoms with E-state index in [0.717, 1.165) is 12.1 Å². The molecule has 0 aliphatic rings. The Morgan fingerprint density at radius 1 is 1.62 bits per heavy atom. The van der Waals surface area contributed by atoms with Gasteiger partial charge >= 0.3 is 0 Å². The molecule has 0 N–H and O–H groups in total. The summed E-state index contributed by atoms with van der Waals surface area (Å²) in [4.78, 5) is 14.1. The summed E-state index contributed by atoms with van der Waals surface area (Å²) in [5, 5.41) is 3.45. The van der Waals surface area contributed by atoms with Crippen LogP contribution in [0.1, 0.15) is 12.1 Å². The highest BCUT2D eigenvalue weighted by Gasteiger charge is 2.02. The number of pyridine rings is 1. The lowest BCUT2D eigenvalue weighted by Gasteiger charge is -2.11. The average molecular weight is 222 g/mol. The molecule has 0 aliphatic heterocycles. The Morgan fingerprint density at radius 3 is 3.00 bits per heavy atom. The van der Waals surface area contributed by atoms with Gasteiger partial charge in [0.2, 0.25) is 5.43 Å². The number of nitrogens with zero attached hydrogens (tertiary/aromatic N) is 4. The van der Waals surface area contributed by atoms with Crippen LogP contribution in [-0.4, -0.2) is 18.2 Å². The molecule has 0 fully saturated rings. The molecule has 0 radical (unpaired) electrons. The maximum Gasteiger partial charge on any atom is 0.223 e. The lowest BCUT2D eigenvalue weighted by Crippen LogP contribution is -2.12. The summed E-state index contributed by atoms with van der Waals surface area (Å²) in [7, 11) is 1.47. The Hall–Kier alpha value is -1.94. The lowest BCUT2D eigenvalue weighted by molar-refractivity contribution is 0.403. The highest BCUT2D eigenvalue weighted by molar-refractivity contribution is 5.21. The van der Waals surface area contributed by atoms with Gasteiger partial charge in [-0.3, -0.25) is 4.79 Å². The number of hydrogen-bond acceptors (Lipinski definition) is 3. The third-order valence-corrected chi connectivity index (χ3v) is 2.25. The second kappa shape index (κ2) is 5.82. The van der Waals surface area contributed by atoms with E-state index in [1.165, 1.54) is 13.2 Å². The number of rotatable bonds is 5. The smallest absolute Gasteiger partial charge is 0.223 e. The number of aromatic nitrogens is 1. The molecule has 6 heteroatoms. The molecule has 0 atom stereocenters. The van der Waals surface area contributed by atoms with Crippen LogP contribution < -0.4 is 10.2 Å². The van der Waals surface area contributed by atoms with Gasteiger partial charge < -0.3 is 9.30 Å². The summed E-state index contributed by atoms with van der Waals surface area (Å²) in [6.45, 7) is 3.00. The summed E-state index contributed by atoms with van der Waals surface area (Å²) < 4.78 is 6.86. The minimum absolute atomic E-state index is 0.119. The molecule has 1 rings (SSSR count). The fourth-order valence-electron chi connectivity index (χ4n) is 1.40. The minimum Gasteiger partial charge on any atom is -0.491 e. The van der Waals surface area contributed by atoms with Crippen LogP contribution in [0, 0.1) is 6.92 Å². The average Bonchev–Trinajstić information content (AvgIpc) is 2.27.